The second-order valence-electron chi connectivity index (χ2n) is 7.48. The van der Waals surface area contributed by atoms with Gasteiger partial charge in [-0.3, -0.25) is 14.4 Å². The second-order valence-corrected chi connectivity index (χ2v) is 7.48. The first-order chi connectivity index (χ1) is 13.0. The average molecular weight is 374 g/mol. The van der Waals surface area contributed by atoms with Crippen molar-refractivity contribution in [2.75, 3.05) is 26.3 Å². The largest absolute Gasteiger partial charge is 0.481 e. The maximum Gasteiger partial charge on any atom is 0.305 e. The molecule has 0 aromatic heterocycles. The van der Waals surface area contributed by atoms with E-state index in [1.165, 1.54) is 0 Å². The minimum absolute atomic E-state index is 0.0168. The number of piperidine rings is 1. The number of nitrogens with one attached hydrogen (secondary N) is 1. The van der Waals surface area contributed by atoms with E-state index in [1.807, 2.05) is 30.3 Å². The summed E-state index contributed by atoms with van der Waals surface area (Å²) >= 11 is 0. The van der Waals surface area contributed by atoms with Gasteiger partial charge in [0.25, 0.3) is 0 Å². The van der Waals surface area contributed by atoms with Crippen LogP contribution in [0.3, 0.4) is 0 Å². The van der Waals surface area contributed by atoms with E-state index in [0.29, 0.717) is 39.0 Å². The molecule has 7 heteroatoms. The number of benzene rings is 1. The number of carboxylic acids is 1. The van der Waals surface area contributed by atoms with E-state index in [9.17, 15) is 14.4 Å². The lowest BCUT2D eigenvalue weighted by Crippen LogP contribution is -2.54. The zero-order chi connectivity index (χ0) is 19.3. The van der Waals surface area contributed by atoms with Crippen molar-refractivity contribution >= 4 is 17.8 Å². The predicted molar refractivity (Wildman–Crippen MR) is 98.0 cm³/mol. The van der Waals surface area contributed by atoms with Gasteiger partial charge in [-0.2, -0.15) is 0 Å². The molecule has 27 heavy (non-hydrogen) atoms. The van der Waals surface area contributed by atoms with Gasteiger partial charge in [0.15, 0.2) is 0 Å². The lowest BCUT2D eigenvalue weighted by atomic mass is 9.91. The second kappa shape index (κ2) is 8.52. The van der Waals surface area contributed by atoms with Crippen LogP contribution in [0.15, 0.2) is 30.3 Å². The summed E-state index contributed by atoms with van der Waals surface area (Å²) in [6.07, 6.45) is 2.13. The molecule has 0 aliphatic carbocycles. The third-order valence-corrected chi connectivity index (χ3v) is 5.32. The number of carbonyl (C=O) groups is 3. The Kier molecular flexibility index (Phi) is 6.11. The molecule has 2 N–H and O–H groups in total. The molecular formula is C20H26N2O5. The Hall–Kier alpha value is -2.41. The molecule has 2 aliphatic rings. The molecule has 2 unspecified atom stereocenters. The van der Waals surface area contributed by atoms with Gasteiger partial charge in [0.1, 0.15) is 0 Å². The van der Waals surface area contributed by atoms with E-state index in [0.717, 1.165) is 12.0 Å². The summed E-state index contributed by atoms with van der Waals surface area (Å²) in [7, 11) is 0. The van der Waals surface area contributed by atoms with Crippen LogP contribution in [0.1, 0.15) is 31.2 Å². The number of hydrogen-bond acceptors (Lipinski definition) is 4. The number of likely N-dealkylation sites (tertiary alicyclic amines) is 1. The van der Waals surface area contributed by atoms with Crippen molar-refractivity contribution in [2.24, 2.45) is 5.92 Å². The van der Waals surface area contributed by atoms with Crippen molar-refractivity contribution in [1.29, 1.82) is 0 Å². The molecule has 2 aliphatic heterocycles. The Labute approximate surface area is 158 Å². The van der Waals surface area contributed by atoms with E-state index in [4.69, 9.17) is 9.84 Å². The summed E-state index contributed by atoms with van der Waals surface area (Å²) in [4.78, 5) is 38.3. The topological polar surface area (TPSA) is 95.9 Å². The highest BCUT2D eigenvalue weighted by Gasteiger charge is 2.40. The fraction of sp³-hybridized carbons (Fsp3) is 0.550. The van der Waals surface area contributed by atoms with Gasteiger partial charge in [0.05, 0.1) is 30.9 Å². The van der Waals surface area contributed by atoms with Crippen molar-refractivity contribution in [3.8, 4) is 0 Å². The summed E-state index contributed by atoms with van der Waals surface area (Å²) in [5.41, 5.74) is 0.122. The molecule has 2 fully saturated rings. The number of hydrogen-bond donors (Lipinski definition) is 2. The highest BCUT2D eigenvalue weighted by atomic mass is 16.5. The first-order valence-electron chi connectivity index (χ1n) is 9.41. The molecule has 2 heterocycles. The molecule has 0 bridgehead atoms. The number of aliphatic carboxylic acids is 1. The number of amides is 2. The lowest BCUT2D eigenvalue weighted by Gasteiger charge is -2.35. The van der Waals surface area contributed by atoms with Gasteiger partial charge in [-0.1, -0.05) is 30.3 Å². The molecule has 2 amide bonds. The van der Waals surface area contributed by atoms with E-state index in [2.05, 4.69) is 5.32 Å². The zero-order valence-corrected chi connectivity index (χ0v) is 15.4. The Morgan fingerprint density at radius 1 is 1.26 bits per heavy atom. The van der Waals surface area contributed by atoms with Crippen LogP contribution in [0.2, 0.25) is 0 Å². The van der Waals surface area contributed by atoms with Gasteiger partial charge < -0.3 is 20.1 Å². The highest BCUT2D eigenvalue weighted by molar-refractivity contribution is 5.83. The van der Waals surface area contributed by atoms with Crippen LogP contribution in [0, 0.1) is 5.92 Å². The summed E-state index contributed by atoms with van der Waals surface area (Å²) in [6, 6.07) is 9.56. The van der Waals surface area contributed by atoms with Gasteiger partial charge in [-0.05, 0) is 24.8 Å². The first kappa shape index (κ1) is 19.4. The van der Waals surface area contributed by atoms with Gasteiger partial charge in [0.2, 0.25) is 11.8 Å². The minimum atomic E-state index is -0.955. The average Bonchev–Trinajstić information content (AvgIpc) is 3.09. The zero-order valence-electron chi connectivity index (χ0n) is 15.4. The maximum atomic E-state index is 12.8. The van der Waals surface area contributed by atoms with E-state index in [1.54, 1.807) is 4.90 Å². The van der Waals surface area contributed by atoms with Crippen molar-refractivity contribution in [3.63, 3.8) is 0 Å². The fourth-order valence-electron chi connectivity index (χ4n) is 3.84. The highest BCUT2D eigenvalue weighted by Crippen LogP contribution is 2.25. The third-order valence-electron chi connectivity index (χ3n) is 5.32. The Morgan fingerprint density at radius 3 is 2.70 bits per heavy atom. The summed E-state index contributed by atoms with van der Waals surface area (Å²) < 4.78 is 5.33. The van der Waals surface area contributed by atoms with Crippen LogP contribution in [0.4, 0.5) is 0 Å². The lowest BCUT2D eigenvalue weighted by molar-refractivity contribution is -0.139. The van der Waals surface area contributed by atoms with Crippen LogP contribution in [-0.4, -0.2) is 59.6 Å². The molecule has 2 saturated heterocycles. The van der Waals surface area contributed by atoms with Crippen LogP contribution < -0.4 is 5.32 Å². The number of carbonyl (C=O) groups excluding carboxylic acids is 2. The van der Waals surface area contributed by atoms with Crippen LogP contribution >= 0.6 is 0 Å². The third kappa shape index (κ3) is 5.07. The van der Waals surface area contributed by atoms with Crippen molar-refractivity contribution in [3.05, 3.63) is 35.9 Å². The number of carboxylic acid groups (broad SMARTS) is 1. The van der Waals surface area contributed by atoms with Gasteiger partial charge in [-0.25, -0.2) is 0 Å². The first-order valence-corrected chi connectivity index (χ1v) is 9.41. The normalized spacial score (nSPS) is 25.2. The number of ether oxygens (including phenoxy) is 1. The Balaban J connectivity index is 1.59. The Bertz CT molecular complexity index is 685. The van der Waals surface area contributed by atoms with Gasteiger partial charge >= 0.3 is 5.97 Å². The summed E-state index contributed by atoms with van der Waals surface area (Å²) in [5, 5.41) is 12.1. The number of nitrogens with zero attached hydrogens (tertiary/aromatic N) is 1. The Morgan fingerprint density at radius 2 is 2.04 bits per heavy atom. The van der Waals surface area contributed by atoms with Crippen molar-refractivity contribution in [1.82, 2.24) is 10.2 Å². The number of rotatable bonds is 6. The monoisotopic (exact) mass is 374 g/mol. The molecular weight excluding hydrogens is 348 g/mol. The van der Waals surface area contributed by atoms with Crippen LogP contribution in [0.5, 0.6) is 0 Å². The van der Waals surface area contributed by atoms with Crippen LogP contribution in [-0.2, 0) is 25.5 Å². The minimum Gasteiger partial charge on any atom is -0.481 e. The van der Waals surface area contributed by atoms with E-state index in [-0.39, 0.29) is 30.8 Å². The molecule has 146 valence electrons. The van der Waals surface area contributed by atoms with Crippen molar-refractivity contribution in [2.45, 2.75) is 37.6 Å². The molecule has 3 rings (SSSR count). The fourth-order valence-corrected chi connectivity index (χ4v) is 3.84. The van der Waals surface area contributed by atoms with Gasteiger partial charge in [0, 0.05) is 19.7 Å². The predicted octanol–water partition coefficient (Wildman–Crippen LogP) is 1.22. The standard InChI is InChI=1S/C20H26N2O5/c23-17(11-15-5-2-1-3-6-15)22-9-4-7-16(13-22)19(26)21-20(12-18(24)25)8-10-27-14-20/h1-3,5-6,16H,4,7-14H2,(H,21,26)(H,24,25). The van der Waals surface area contributed by atoms with Crippen molar-refractivity contribution < 1.29 is 24.2 Å². The van der Waals surface area contributed by atoms with E-state index >= 15 is 0 Å². The van der Waals surface area contributed by atoms with Crippen LogP contribution in [0.25, 0.3) is 0 Å². The molecule has 0 radical (unpaired) electrons. The SMILES string of the molecule is O=C(O)CC1(NC(=O)C2CCCN(C(=O)Cc3ccccc3)C2)CCOC1. The quantitative estimate of drug-likeness (QED) is 0.780. The molecule has 1 aromatic rings. The molecule has 1 aromatic carbocycles. The van der Waals surface area contributed by atoms with E-state index < -0.39 is 11.5 Å². The van der Waals surface area contributed by atoms with Gasteiger partial charge in [-0.15, -0.1) is 0 Å². The summed E-state index contributed by atoms with van der Waals surface area (Å²) in [5.74, 6) is -1.43. The molecule has 0 saturated carbocycles. The molecule has 2 atom stereocenters. The maximum absolute atomic E-state index is 12.8. The molecule has 0 spiro atoms. The molecule has 7 nitrogen and oxygen atoms in total. The smallest absolute Gasteiger partial charge is 0.305 e. The summed E-state index contributed by atoms with van der Waals surface area (Å²) in [6.45, 7) is 1.69.